The van der Waals surface area contributed by atoms with Crippen molar-refractivity contribution < 1.29 is 20.1 Å². The summed E-state index contributed by atoms with van der Waals surface area (Å²) in [5.74, 6) is -0.137. The maximum absolute atomic E-state index is 12.5. The Kier molecular flexibility index (Phi) is 49.4. The molecule has 0 radical (unpaired) electrons. The normalized spacial score (nSPS) is 13.2. The van der Waals surface area contributed by atoms with E-state index in [1.165, 1.54) is 257 Å². The average molecular weight is 836 g/mol. The van der Waals surface area contributed by atoms with Gasteiger partial charge in [-0.3, -0.25) is 4.79 Å². The number of amides is 1. The van der Waals surface area contributed by atoms with Crippen molar-refractivity contribution in [3.63, 3.8) is 0 Å². The van der Waals surface area contributed by atoms with E-state index in [0.717, 1.165) is 32.1 Å². The Labute approximate surface area is 370 Å². The first-order chi connectivity index (χ1) is 29.1. The van der Waals surface area contributed by atoms with Gasteiger partial charge in [0.1, 0.15) is 6.10 Å². The predicted molar refractivity (Wildman–Crippen MR) is 259 cm³/mol. The molecule has 0 saturated heterocycles. The number of nitrogens with one attached hydrogen (secondary N) is 1. The molecule has 0 aliphatic carbocycles. The van der Waals surface area contributed by atoms with E-state index in [2.05, 4.69) is 19.2 Å². The van der Waals surface area contributed by atoms with Crippen LogP contribution in [0.25, 0.3) is 0 Å². The minimum atomic E-state index is -1.13. The fourth-order valence-electron chi connectivity index (χ4n) is 8.99. The van der Waals surface area contributed by atoms with Gasteiger partial charge in [-0.2, -0.15) is 0 Å². The third kappa shape index (κ3) is 45.2. The average Bonchev–Trinajstić information content (AvgIpc) is 3.24. The third-order valence-corrected chi connectivity index (χ3v) is 13.2. The van der Waals surface area contributed by atoms with E-state index in [9.17, 15) is 20.1 Å². The Balaban J connectivity index is 3.45. The molecular formula is C54H109NO4. The van der Waals surface area contributed by atoms with Crippen LogP contribution in [-0.4, -0.2) is 46.1 Å². The van der Waals surface area contributed by atoms with Crippen molar-refractivity contribution in [2.24, 2.45) is 0 Å². The minimum absolute atomic E-state index is 0.137. The fraction of sp³-hybridized carbons (Fsp3) is 0.981. The number of carbonyl (C=O) groups is 1. The van der Waals surface area contributed by atoms with Crippen LogP contribution < -0.4 is 5.32 Å². The quantitative estimate of drug-likeness (QED) is 0.0460. The monoisotopic (exact) mass is 836 g/mol. The van der Waals surface area contributed by atoms with Crippen LogP contribution in [0.1, 0.15) is 316 Å². The molecule has 59 heavy (non-hydrogen) atoms. The van der Waals surface area contributed by atoms with E-state index >= 15 is 0 Å². The molecule has 0 aliphatic heterocycles. The van der Waals surface area contributed by atoms with Crippen molar-refractivity contribution in [2.75, 3.05) is 6.61 Å². The van der Waals surface area contributed by atoms with E-state index in [1.54, 1.807) is 0 Å². The molecule has 1 amide bonds. The molecule has 0 aromatic carbocycles. The van der Waals surface area contributed by atoms with E-state index in [4.69, 9.17) is 0 Å². The zero-order chi connectivity index (χ0) is 43.0. The van der Waals surface area contributed by atoms with E-state index in [0.29, 0.717) is 12.8 Å². The lowest BCUT2D eigenvalue weighted by atomic mass is 9.99. The molecular weight excluding hydrogens is 727 g/mol. The summed E-state index contributed by atoms with van der Waals surface area (Å²) in [6, 6.07) is -0.803. The highest BCUT2D eigenvalue weighted by Gasteiger charge is 2.26. The molecule has 5 nitrogen and oxygen atoms in total. The molecule has 0 unspecified atom stereocenters. The Bertz CT molecular complexity index is 792. The molecule has 0 bridgehead atoms. The summed E-state index contributed by atoms with van der Waals surface area (Å²) in [6.45, 7) is 4.22. The van der Waals surface area contributed by atoms with Gasteiger partial charge in [-0.25, -0.2) is 0 Å². The second kappa shape index (κ2) is 50.0. The van der Waals surface area contributed by atoms with Crippen molar-refractivity contribution in [3.05, 3.63) is 0 Å². The number of unbranched alkanes of at least 4 members (excludes halogenated alkanes) is 43. The number of aliphatic hydroxyl groups is 3. The molecule has 0 spiro atoms. The van der Waals surface area contributed by atoms with Crippen LogP contribution in [0.3, 0.4) is 0 Å². The molecule has 0 aliphatic rings. The van der Waals surface area contributed by atoms with Gasteiger partial charge in [0, 0.05) is 6.42 Å². The second-order valence-corrected chi connectivity index (χ2v) is 19.2. The van der Waals surface area contributed by atoms with Crippen LogP contribution >= 0.6 is 0 Å². The van der Waals surface area contributed by atoms with Gasteiger partial charge in [0.05, 0.1) is 18.8 Å². The maximum Gasteiger partial charge on any atom is 0.220 e. The van der Waals surface area contributed by atoms with E-state index in [1.807, 2.05) is 0 Å². The predicted octanol–water partition coefficient (Wildman–Crippen LogP) is 16.6. The molecule has 0 fully saturated rings. The number of carbonyl (C=O) groups excluding carboxylic acids is 1. The van der Waals surface area contributed by atoms with Gasteiger partial charge in [-0.05, 0) is 12.8 Å². The molecule has 0 saturated carbocycles. The zero-order valence-electron chi connectivity index (χ0n) is 40.4. The minimum Gasteiger partial charge on any atom is -0.394 e. The Morgan fingerprint density at radius 1 is 0.356 bits per heavy atom. The number of rotatable bonds is 51. The first-order valence-electron chi connectivity index (χ1n) is 27.3. The van der Waals surface area contributed by atoms with E-state index in [-0.39, 0.29) is 12.5 Å². The summed E-state index contributed by atoms with van der Waals surface area (Å²) in [7, 11) is 0. The van der Waals surface area contributed by atoms with Gasteiger partial charge in [-0.1, -0.05) is 296 Å². The van der Waals surface area contributed by atoms with Crippen molar-refractivity contribution in [1.82, 2.24) is 5.32 Å². The topological polar surface area (TPSA) is 89.8 Å². The van der Waals surface area contributed by atoms with Crippen LogP contribution in [-0.2, 0) is 4.79 Å². The molecule has 4 N–H and O–H groups in total. The van der Waals surface area contributed by atoms with Crippen LogP contribution in [0.5, 0.6) is 0 Å². The summed E-state index contributed by atoms with van der Waals surface area (Å²) in [4.78, 5) is 12.5. The Morgan fingerprint density at radius 3 is 0.814 bits per heavy atom. The first kappa shape index (κ1) is 58.4. The van der Waals surface area contributed by atoms with Crippen molar-refractivity contribution in [2.45, 2.75) is 334 Å². The Hall–Kier alpha value is -0.650. The lowest BCUT2D eigenvalue weighted by molar-refractivity contribution is -0.124. The summed E-state index contributed by atoms with van der Waals surface area (Å²) >= 11 is 0. The molecule has 354 valence electrons. The zero-order valence-corrected chi connectivity index (χ0v) is 40.4. The van der Waals surface area contributed by atoms with Crippen molar-refractivity contribution in [1.29, 1.82) is 0 Å². The SMILES string of the molecule is CCCCCCCCCCCCCCCCCCCCCCCCCCCCCCCCC(=O)N[C@@H](CO)[C@H](O)[C@H](O)CCCCCCCCCCCCCCCCC. The number of hydrogen-bond acceptors (Lipinski definition) is 4. The highest BCUT2D eigenvalue weighted by atomic mass is 16.3. The van der Waals surface area contributed by atoms with Crippen molar-refractivity contribution >= 4 is 5.91 Å². The van der Waals surface area contributed by atoms with Crippen LogP contribution in [0, 0.1) is 0 Å². The Morgan fingerprint density at radius 2 is 0.576 bits per heavy atom. The number of aliphatic hydroxyl groups excluding tert-OH is 3. The van der Waals surface area contributed by atoms with Crippen LogP contribution in [0.15, 0.2) is 0 Å². The summed E-state index contributed by atoms with van der Waals surface area (Å²) in [5.41, 5.74) is 0. The number of hydrogen-bond donors (Lipinski definition) is 4. The maximum atomic E-state index is 12.5. The van der Waals surface area contributed by atoms with Crippen LogP contribution in [0.4, 0.5) is 0 Å². The summed E-state index contributed by atoms with van der Waals surface area (Å²) in [5, 5.41) is 33.7. The van der Waals surface area contributed by atoms with E-state index < -0.39 is 18.2 Å². The van der Waals surface area contributed by atoms with Crippen LogP contribution in [0.2, 0.25) is 0 Å². The molecule has 3 atom stereocenters. The van der Waals surface area contributed by atoms with Gasteiger partial charge >= 0.3 is 0 Å². The highest BCUT2D eigenvalue weighted by Crippen LogP contribution is 2.18. The highest BCUT2D eigenvalue weighted by molar-refractivity contribution is 5.76. The molecule has 0 heterocycles. The summed E-state index contributed by atoms with van der Waals surface area (Å²) in [6.07, 6.45) is 59.7. The second-order valence-electron chi connectivity index (χ2n) is 19.2. The lowest BCUT2D eigenvalue weighted by Gasteiger charge is -2.26. The first-order valence-corrected chi connectivity index (χ1v) is 27.3. The van der Waals surface area contributed by atoms with Gasteiger partial charge in [0.15, 0.2) is 0 Å². The third-order valence-electron chi connectivity index (χ3n) is 13.2. The van der Waals surface area contributed by atoms with Crippen molar-refractivity contribution in [3.8, 4) is 0 Å². The fourth-order valence-corrected chi connectivity index (χ4v) is 8.99. The molecule has 0 aromatic rings. The van der Waals surface area contributed by atoms with Gasteiger partial charge in [0.25, 0.3) is 0 Å². The molecule has 0 rings (SSSR count). The van der Waals surface area contributed by atoms with Gasteiger partial charge in [-0.15, -0.1) is 0 Å². The summed E-state index contributed by atoms with van der Waals surface area (Å²) < 4.78 is 0. The standard InChI is InChI=1S/C54H109NO4/c1-3-5-7-9-11-13-15-17-19-20-21-22-23-24-25-26-27-28-29-30-31-32-33-35-37-39-41-43-45-47-49-53(58)55-51(50-56)54(59)52(57)48-46-44-42-40-38-36-34-18-16-14-12-10-8-6-4-2/h51-52,54,56-57,59H,3-50H2,1-2H3,(H,55,58)/t51-,52+,54-/m0/s1. The lowest BCUT2D eigenvalue weighted by Crippen LogP contribution is -2.50. The molecule has 5 heteroatoms. The smallest absolute Gasteiger partial charge is 0.220 e. The molecule has 0 aromatic heterocycles. The van der Waals surface area contributed by atoms with Gasteiger partial charge < -0.3 is 20.6 Å². The largest absolute Gasteiger partial charge is 0.394 e. The van der Waals surface area contributed by atoms with Gasteiger partial charge in [0.2, 0.25) is 5.91 Å².